The van der Waals surface area contributed by atoms with Crippen LogP contribution >= 0.6 is 11.3 Å². The smallest absolute Gasteiger partial charge is 0.237 e. The second-order valence-corrected chi connectivity index (χ2v) is 4.94. The molecule has 3 nitrogen and oxygen atoms in total. The average molecular weight is 252 g/mol. The van der Waals surface area contributed by atoms with Gasteiger partial charge in [0.1, 0.15) is 0 Å². The quantitative estimate of drug-likeness (QED) is 0.728. The Morgan fingerprint density at radius 2 is 2.35 bits per heavy atom. The fraction of sp³-hybridized carbons (Fsp3) is 0.462. The zero-order chi connectivity index (χ0) is 12.7. The minimum atomic E-state index is -0.177. The number of nitrogens with one attached hydrogen (secondary N) is 2. The van der Waals surface area contributed by atoms with E-state index >= 15 is 0 Å². The Labute approximate surface area is 107 Å². The first-order valence-corrected chi connectivity index (χ1v) is 6.73. The Balaban J connectivity index is 2.32. The summed E-state index contributed by atoms with van der Waals surface area (Å²) in [5.41, 5.74) is 1.31. The first-order valence-electron chi connectivity index (χ1n) is 5.79. The average Bonchev–Trinajstić information content (AvgIpc) is 2.78. The number of hydrogen-bond donors (Lipinski definition) is 2. The Bertz CT molecular complexity index is 348. The lowest BCUT2D eigenvalue weighted by molar-refractivity contribution is -0.122. The van der Waals surface area contributed by atoms with Gasteiger partial charge in [-0.25, -0.2) is 0 Å². The van der Waals surface area contributed by atoms with Crippen LogP contribution in [0.5, 0.6) is 0 Å². The summed E-state index contributed by atoms with van der Waals surface area (Å²) in [6.45, 7) is 8.06. The van der Waals surface area contributed by atoms with E-state index in [1.807, 2.05) is 6.92 Å². The summed E-state index contributed by atoms with van der Waals surface area (Å²) in [7, 11) is 0. The molecule has 0 aliphatic heterocycles. The van der Waals surface area contributed by atoms with Gasteiger partial charge < -0.3 is 10.6 Å². The molecule has 0 aromatic carbocycles. The van der Waals surface area contributed by atoms with Crippen LogP contribution in [-0.4, -0.2) is 24.5 Å². The van der Waals surface area contributed by atoms with E-state index in [4.69, 9.17) is 0 Å². The van der Waals surface area contributed by atoms with Gasteiger partial charge in [-0.05, 0) is 42.7 Å². The molecule has 1 heterocycles. The molecule has 17 heavy (non-hydrogen) atoms. The predicted molar refractivity (Wildman–Crippen MR) is 73.3 cm³/mol. The number of carbonyl (C=O) groups is 1. The van der Waals surface area contributed by atoms with Gasteiger partial charge in [0.2, 0.25) is 5.91 Å². The van der Waals surface area contributed by atoms with Crippen LogP contribution in [0.4, 0.5) is 0 Å². The maximum Gasteiger partial charge on any atom is 0.237 e. The molecule has 0 fully saturated rings. The first-order chi connectivity index (χ1) is 8.13. The van der Waals surface area contributed by atoms with Crippen LogP contribution in [0.2, 0.25) is 0 Å². The lowest BCUT2D eigenvalue weighted by Gasteiger charge is -2.19. The van der Waals surface area contributed by atoms with Crippen molar-refractivity contribution >= 4 is 17.2 Å². The summed E-state index contributed by atoms with van der Waals surface area (Å²) < 4.78 is 0. The van der Waals surface area contributed by atoms with Gasteiger partial charge in [-0.2, -0.15) is 11.3 Å². The predicted octanol–water partition coefficient (Wildman–Crippen LogP) is 1.96. The number of amides is 1. The van der Waals surface area contributed by atoms with Crippen molar-refractivity contribution in [3.63, 3.8) is 0 Å². The molecule has 1 amide bonds. The monoisotopic (exact) mass is 252 g/mol. The molecule has 1 rings (SSSR count). The van der Waals surface area contributed by atoms with Crippen LogP contribution in [0.3, 0.4) is 0 Å². The molecule has 0 radical (unpaired) electrons. The van der Waals surface area contributed by atoms with Crippen LogP contribution in [0.15, 0.2) is 29.5 Å². The van der Waals surface area contributed by atoms with Crippen molar-refractivity contribution in [2.24, 2.45) is 0 Å². The minimum absolute atomic E-state index is 0.0158. The van der Waals surface area contributed by atoms with Crippen LogP contribution in [0.25, 0.3) is 0 Å². The second kappa shape index (κ2) is 7.25. The summed E-state index contributed by atoms with van der Waals surface area (Å²) in [5, 5.41) is 10.3. The standard InChI is InChI=1S/C13H20N2OS/c1-4-6-14-13(16)11(3)15-10(2)8-12-5-7-17-9-12/h4-5,7,9-11,15H,1,6,8H2,2-3H3,(H,14,16). The summed E-state index contributed by atoms with van der Waals surface area (Å²) in [5.74, 6) is 0.0158. The van der Waals surface area contributed by atoms with Crippen molar-refractivity contribution in [2.45, 2.75) is 32.4 Å². The van der Waals surface area contributed by atoms with E-state index in [-0.39, 0.29) is 18.0 Å². The van der Waals surface area contributed by atoms with E-state index in [2.05, 4.69) is 41.0 Å². The minimum Gasteiger partial charge on any atom is -0.351 e. The molecule has 2 unspecified atom stereocenters. The maximum atomic E-state index is 11.6. The Hall–Kier alpha value is -1.13. The van der Waals surface area contributed by atoms with E-state index in [1.54, 1.807) is 17.4 Å². The molecule has 2 N–H and O–H groups in total. The molecular weight excluding hydrogens is 232 g/mol. The van der Waals surface area contributed by atoms with Gasteiger partial charge in [-0.3, -0.25) is 4.79 Å². The third-order valence-electron chi connectivity index (χ3n) is 2.47. The lowest BCUT2D eigenvalue weighted by Crippen LogP contribution is -2.46. The first kappa shape index (κ1) is 13.9. The van der Waals surface area contributed by atoms with Gasteiger partial charge in [0.15, 0.2) is 0 Å². The van der Waals surface area contributed by atoms with E-state index in [9.17, 15) is 4.79 Å². The number of thiophene rings is 1. The SMILES string of the molecule is C=CCNC(=O)C(C)NC(C)Cc1ccsc1. The third kappa shape index (κ3) is 5.15. The second-order valence-electron chi connectivity index (χ2n) is 4.16. The van der Waals surface area contributed by atoms with Crippen molar-refractivity contribution in [2.75, 3.05) is 6.54 Å². The molecule has 1 aromatic rings. The molecular formula is C13H20N2OS. The largest absolute Gasteiger partial charge is 0.351 e. The number of hydrogen-bond acceptors (Lipinski definition) is 3. The fourth-order valence-corrected chi connectivity index (χ4v) is 2.33. The zero-order valence-electron chi connectivity index (χ0n) is 10.4. The van der Waals surface area contributed by atoms with Crippen molar-refractivity contribution in [3.05, 3.63) is 35.0 Å². The van der Waals surface area contributed by atoms with E-state index < -0.39 is 0 Å². The molecule has 4 heteroatoms. The molecule has 0 saturated heterocycles. The van der Waals surface area contributed by atoms with Gasteiger partial charge in [-0.1, -0.05) is 6.08 Å². The Morgan fingerprint density at radius 1 is 1.59 bits per heavy atom. The molecule has 94 valence electrons. The van der Waals surface area contributed by atoms with E-state index in [0.717, 1.165) is 6.42 Å². The van der Waals surface area contributed by atoms with Crippen LogP contribution < -0.4 is 10.6 Å². The highest BCUT2D eigenvalue weighted by Crippen LogP contribution is 2.08. The topological polar surface area (TPSA) is 41.1 Å². The van der Waals surface area contributed by atoms with Crippen molar-refractivity contribution in [1.29, 1.82) is 0 Å². The molecule has 1 aromatic heterocycles. The summed E-state index contributed by atoms with van der Waals surface area (Å²) >= 11 is 1.70. The molecule has 0 spiro atoms. The van der Waals surface area contributed by atoms with E-state index in [1.165, 1.54) is 5.56 Å². The number of carbonyl (C=O) groups excluding carboxylic acids is 1. The summed E-state index contributed by atoms with van der Waals surface area (Å²) in [6.07, 6.45) is 2.63. The lowest BCUT2D eigenvalue weighted by atomic mass is 10.1. The van der Waals surface area contributed by atoms with Gasteiger partial charge in [0.05, 0.1) is 6.04 Å². The van der Waals surface area contributed by atoms with Crippen LogP contribution in [-0.2, 0) is 11.2 Å². The van der Waals surface area contributed by atoms with Gasteiger partial charge >= 0.3 is 0 Å². The fourth-order valence-electron chi connectivity index (χ4n) is 1.65. The van der Waals surface area contributed by atoms with Gasteiger partial charge in [0.25, 0.3) is 0 Å². The highest BCUT2D eigenvalue weighted by Gasteiger charge is 2.14. The summed E-state index contributed by atoms with van der Waals surface area (Å²) in [6, 6.07) is 2.23. The van der Waals surface area contributed by atoms with Crippen LogP contribution in [0, 0.1) is 0 Å². The van der Waals surface area contributed by atoms with Crippen molar-refractivity contribution in [1.82, 2.24) is 10.6 Å². The van der Waals surface area contributed by atoms with E-state index in [0.29, 0.717) is 6.54 Å². The third-order valence-corrected chi connectivity index (χ3v) is 3.20. The zero-order valence-corrected chi connectivity index (χ0v) is 11.2. The molecule has 0 aliphatic carbocycles. The maximum absolute atomic E-state index is 11.6. The van der Waals surface area contributed by atoms with Crippen molar-refractivity contribution in [3.8, 4) is 0 Å². The Morgan fingerprint density at radius 3 is 2.94 bits per heavy atom. The Kier molecular flexibility index (Phi) is 5.94. The van der Waals surface area contributed by atoms with Gasteiger partial charge in [0, 0.05) is 12.6 Å². The van der Waals surface area contributed by atoms with Crippen molar-refractivity contribution < 1.29 is 4.79 Å². The molecule has 2 atom stereocenters. The summed E-state index contributed by atoms with van der Waals surface area (Å²) in [4.78, 5) is 11.6. The molecule has 0 bridgehead atoms. The molecule has 0 saturated carbocycles. The highest BCUT2D eigenvalue weighted by molar-refractivity contribution is 7.07. The number of rotatable bonds is 7. The highest BCUT2D eigenvalue weighted by atomic mass is 32.1. The molecule has 0 aliphatic rings. The normalized spacial score (nSPS) is 14.0. The van der Waals surface area contributed by atoms with Gasteiger partial charge in [-0.15, -0.1) is 6.58 Å². The van der Waals surface area contributed by atoms with Crippen LogP contribution in [0.1, 0.15) is 19.4 Å².